The lowest BCUT2D eigenvalue weighted by molar-refractivity contribution is -0.131. The number of ether oxygens (including phenoxy) is 1. The summed E-state index contributed by atoms with van der Waals surface area (Å²) >= 11 is 0. The van der Waals surface area contributed by atoms with Gasteiger partial charge in [-0.25, -0.2) is 0 Å². The van der Waals surface area contributed by atoms with Crippen LogP contribution in [0.3, 0.4) is 0 Å². The summed E-state index contributed by atoms with van der Waals surface area (Å²) in [5.74, 6) is 0.522. The third kappa shape index (κ3) is 4.63. The molecular weight excluding hydrogens is 232 g/mol. The molecule has 0 saturated carbocycles. The van der Waals surface area contributed by atoms with Crippen molar-refractivity contribution in [1.82, 2.24) is 4.90 Å². The SMILES string of the molecule is CC(O)CN(C)C(=O)CCOc1ccccc1N. The van der Waals surface area contributed by atoms with Crippen LogP contribution in [0.5, 0.6) is 5.75 Å². The third-order valence-electron chi connectivity index (χ3n) is 2.46. The lowest BCUT2D eigenvalue weighted by Crippen LogP contribution is -2.33. The molecule has 0 spiro atoms. The summed E-state index contributed by atoms with van der Waals surface area (Å²) in [5, 5.41) is 9.17. The van der Waals surface area contributed by atoms with E-state index in [-0.39, 0.29) is 18.9 Å². The Labute approximate surface area is 107 Å². The molecule has 5 nitrogen and oxygen atoms in total. The van der Waals surface area contributed by atoms with Crippen molar-refractivity contribution in [2.45, 2.75) is 19.4 Å². The van der Waals surface area contributed by atoms with Gasteiger partial charge in [-0.3, -0.25) is 4.79 Å². The predicted molar refractivity (Wildman–Crippen MR) is 70.3 cm³/mol. The lowest BCUT2D eigenvalue weighted by Gasteiger charge is -2.18. The molecule has 100 valence electrons. The highest BCUT2D eigenvalue weighted by atomic mass is 16.5. The highest BCUT2D eigenvalue weighted by molar-refractivity contribution is 5.76. The second kappa shape index (κ2) is 6.86. The second-order valence-electron chi connectivity index (χ2n) is 4.26. The van der Waals surface area contributed by atoms with E-state index in [0.29, 0.717) is 18.0 Å². The van der Waals surface area contributed by atoms with E-state index in [2.05, 4.69) is 0 Å². The summed E-state index contributed by atoms with van der Waals surface area (Å²) in [6.07, 6.45) is -0.262. The van der Waals surface area contributed by atoms with Crippen LogP contribution >= 0.6 is 0 Å². The number of nitrogen functional groups attached to an aromatic ring is 1. The molecular formula is C13H20N2O3. The molecule has 0 fully saturated rings. The minimum atomic E-state index is -0.523. The van der Waals surface area contributed by atoms with Gasteiger partial charge in [-0.15, -0.1) is 0 Å². The van der Waals surface area contributed by atoms with Crippen molar-refractivity contribution in [2.75, 3.05) is 25.9 Å². The van der Waals surface area contributed by atoms with Crippen molar-refractivity contribution in [3.05, 3.63) is 24.3 Å². The Morgan fingerprint density at radius 2 is 2.17 bits per heavy atom. The molecule has 0 heterocycles. The molecule has 0 aromatic heterocycles. The molecule has 18 heavy (non-hydrogen) atoms. The number of amides is 1. The first kappa shape index (κ1) is 14.3. The van der Waals surface area contributed by atoms with Crippen molar-refractivity contribution in [3.8, 4) is 5.75 Å². The molecule has 0 radical (unpaired) electrons. The largest absolute Gasteiger partial charge is 0.491 e. The fraction of sp³-hybridized carbons (Fsp3) is 0.462. The molecule has 1 unspecified atom stereocenters. The second-order valence-corrected chi connectivity index (χ2v) is 4.26. The predicted octanol–water partition coefficient (Wildman–Crippen LogP) is 0.877. The van der Waals surface area contributed by atoms with Crippen molar-refractivity contribution in [2.24, 2.45) is 0 Å². The van der Waals surface area contributed by atoms with E-state index in [0.717, 1.165) is 0 Å². The first-order valence-electron chi connectivity index (χ1n) is 5.90. The highest BCUT2D eigenvalue weighted by Gasteiger charge is 2.11. The monoisotopic (exact) mass is 252 g/mol. The maximum absolute atomic E-state index is 11.7. The van der Waals surface area contributed by atoms with Gasteiger partial charge in [0.05, 0.1) is 24.8 Å². The molecule has 3 N–H and O–H groups in total. The van der Waals surface area contributed by atoms with Crippen molar-refractivity contribution in [3.63, 3.8) is 0 Å². The van der Waals surface area contributed by atoms with Crippen LogP contribution in [0.15, 0.2) is 24.3 Å². The zero-order chi connectivity index (χ0) is 13.5. The van der Waals surface area contributed by atoms with Gasteiger partial charge in [-0.2, -0.15) is 0 Å². The maximum Gasteiger partial charge on any atom is 0.225 e. The van der Waals surface area contributed by atoms with Gasteiger partial charge in [0.15, 0.2) is 0 Å². The summed E-state index contributed by atoms with van der Waals surface area (Å²) in [5.41, 5.74) is 6.27. The molecule has 1 rings (SSSR count). The van der Waals surface area contributed by atoms with Gasteiger partial charge in [0.25, 0.3) is 0 Å². The Balaban J connectivity index is 2.34. The van der Waals surface area contributed by atoms with E-state index < -0.39 is 6.10 Å². The molecule has 0 bridgehead atoms. The summed E-state index contributed by atoms with van der Waals surface area (Å²) in [7, 11) is 1.66. The molecule has 5 heteroatoms. The standard InChI is InChI=1S/C13H20N2O3/c1-10(16)9-15(2)13(17)7-8-18-12-6-4-3-5-11(12)14/h3-6,10,16H,7-9,14H2,1-2H3. The molecule has 1 atom stereocenters. The Kier molecular flexibility index (Phi) is 5.45. The number of carbonyl (C=O) groups excluding carboxylic acids is 1. The number of anilines is 1. The molecule has 1 aromatic rings. The molecule has 1 aromatic carbocycles. The number of carbonyl (C=O) groups is 1. The van der Waals surface area contributed by atoms with Crippen molar-refractivity contribution >= 4 is 11.6 Å². The maximum atomic E-state index is 11.7. The zero-order valence-corrected chi connectivity index (χ0v) is 10.8. The van der Waals surface area contributed by atoms with E-state index in [9.17, 15) is 4.79 Å². The number of hydrogen-bond donors (Lipinski definition) is 2. The van der Waals surface area contributed by atoms with Crippen molar-refractivity contribution in [1.29, 1.82) is 0 Å². The number of hydrogen-bond acceptors (Lipinski definition) is 4. The summed E-state index contributed by atoms with van der Waals surface area (Å²) in [6, 6.07) is 7.16. The van der Waals surface area contributed by atoms with Crippen LogP contribution in [0.1, 0.15) is 13.3 Å². The van der Waals surface area contributed by atoms with Gasteiger partial charge in [-0.1, -0.05) is 12.1 Å². The fourth-order valence-corrected chi connectivity index (χ4v) is 1.55. The minimum Gasteiger partial charge on any atom is -0.491 e. The first-order valence-corrected chi connectivity index (χ1v) is 5.90. The minimum absolute atomic E-state index is 0.0644. The number of benzene rings is 1. The van der Waals surface area contributed by atoms with Crippen LogP contribution in [-0.2, 0) is 4.79 Å². The number of para-hydroxylation sites is 2. The quantitative estimate of drug-likeness (QED) is 0.737. The van der Waals surface area contributed by atoms with Crippen LogP contribution in [0.4, 0.5) is 5.69 Å². The van der Waals surface area contributed by atoms with Gasteiger partial charge in [0, 0.05) is 13.6 Å². The molecule has 1 amide bonds. The highest BCUT2D eigenvalue weighted by Crippen LogP contribution is 2.19. The van der Waals surface area contributed by atoms with Crippen LogP contribution < -0.4 is 10.5 Å². The van der Waals surface area contributed by atoms with Crippen LogP contribution in [0.2, 0.25) is 0 Å². The van der Waals surface area contributed by atoms with Crippen LogP contribution in [0, 0.1) is 0 Å². The normalized spacial score (nSPS) is 11.9. The zero-order valence-electron chi connectivity index (χ0n) is 10.8. The number of nitrogens with zero attached hydrogens (tertiary/aromatic N) is 1. The number of nitrogens with two attached hydrogens (primary N) is 1. The third-order valence-corrected chi connectivity index (χ3v) is 2.46. The van der Waals surface area contributed by atoms with Gasteiger partial charge >= 0.3 is 0 Å². The van der Waals surface area contributed by atoms with E-state index in [1.807, 2.05) is 12.1 Å². The van der Waals surface area contributed by atoms with Gasteiger partial charge in [0.1, 0.15) is 5.75 Å². The van der Waals surface area contributed by atoms with Gasteiger partial charge in [-0.05, 0) is 19.1 Å². The Hall–Kier alpha value is -1.75. The Bertz CT molecular complexity index is 394. The molecule has 0 aliphatic heterocycles. The Morgan fingerprint density at radius 3 is 2.78 bits per heavy atom. The fourth-order valence-electron chi connectivity index (χ4n) is 1.55. The molecule has 0 saturated heterocycles. The summed E-state index contributed by atoms with van der Waals surface area (Å²) in [6.45, 7) is 2.24. The first-order chi connectivity index (χ1) is 8.50. The van der Waals surface area contributed by atoms with Crippen molar-refractivity contribution < 1.29 is 14.6 Å². The number of aliphatic hydroxyl groups is 1. The van der Waals surface area contributed by atoms with E-state index in [1.165, 1.54) is 4.90 Å². The van der Waals surface area contributed by atoms with E-state index in [1.54, 1.807) is 26.1 Å². The number of rotatable bonds is 6. The van der Waals surface area contributed by atoms with Gasteiger partial charge < -0.3 is 20.5 Å². The average Bonchev–Trinajstić information content (AvgIpc) is 2.30. The smallest absolute Gasteiger partial charge is 0.225 e. The molecule has 0 aliphatic rings. The van der Waals surface area contributed by atoms with E-state index in [4.69, 9.17) is 15.6 Å². The summed E-state index contributed by atoms with van der Waals surface area (Å²) in [4.78, 5) is 13.1. The summed E-state index contributed by atoms with van der Waals surface area (Å²) < 4.78 is 5.43. The topological polar surface area (TPSA) is 75.8 Å². The lowest BCUT2D eigenvalue weighted by atomic mass is 10.3. The average molecular weight is 252 g/mol. The van der Waals surface area contributed by atoms with Crippen LogP contribution in [0.25, 0.3) is 0 Å². The Morgan fingerprint density at radius 1 is 1.50 bits per heavy atom. The van der Waals surface area contributed by atoms with Gasteiger partial charge in [0.2, 0.25) is 5.91 Å². The van der Waals surface area contributed by atoms with Crippen LogP contribution in [-0.4, -0.2) is 42.2 Å². The number of likely N-dealkylation sites (N-methyl/N-ethyl adjacent to an activating group) is 1. The number of aliphatic hydroxyl groups excluding tert-OH is 1. The molecule has 0 aliphatic carbocycles. The van der Waals surface area contributed by atoms with E-state index >= 15 is 0 Å².